The van der Waals surface area contributed by atoms with Crippen molar-refractivity contribution in [3.05, 3.63) is 28.8 Å². The highest BCUT2D eigenvalue weighted by Gasteiger charge is 2.51. The van der Waals surface area contributed by atoms with E-state index >= 15 is 0 Å². The molecular weight excluding hydrogens is 465 g/mol. The van der Waals surface area contributed by atoms with Crippen molar-refractivity contribution in [2.45, 2.75) is 43.2 Å². The van der Waals surface area contributed by atoms with E-state index in [0.717, 1.165) is 54.0 Å². The monoisotopic (exact) mass is 490 g/mol. The van der Waals surface area contributed by atoms with Gasteiger partial charge in [-0.3, -0.25) is 4.79 Å². The van der Waals surface area contributed by atoms with Crippen LogP contribution in [0.4, 0.5) is 13.2 Å². The number of hydrogen-bond donors (Lipinski definition) is 0. The van der Waals surface area contributed by atoms with E-state index in [0.29, 0.717) is 17.9 Å². The highest BCUT2D eigenvalue weighted by molar-refractivity contribution is 7.89. The summed E-state index contributed by atoms with van der Waals surface area (Å²) in [6, 6.07) is 2.32. The Balaban J connectivity index is 1.28. The molecule has 5 aliphatic rings. The first-order valence-corrected chi connectivity index (χ1v) is 13.0. The van der Waals surface area contributed by atoms with Gasteiger partial charge in [-0.1, -0.05) is 11.6 Å². The normalized spacial score (nSPS) is 33.0. The van der Waals surface area contributed by atoms with Crippen molar-refractivity contribution in [1.82, 2.24) is 9.21 Å². The SMILES string of the molecule is O=C(C1C2CC3CC(C2)CC1C3)N1CCN(S(=O)(=O)c2cc(C(F)(F)F)ccc2Cl)CC1. The Bertz CT molecular complexity index is 994. The number of rotatable bonds is 3. The molecule has 1 aromatic carbocycles. The predicted octanol–water partition coefficient (Wildman–Crippen LogP) is 4.26. The lowest BCUT2D eigenvalue weighted by atomic mass is 9.51. The van der Waals surface area contributed by atoms with Crippen LogP contribution in [-0.4, -0.2) is 49.7 Å². The van der Waals surface area contributed by atoms with E-state index in [2.05, 4.69) is 0 Å². The van der Waals surface area contributed by atoms with Gasteiger partial charge in [-0.05, 0) is 74.0 Å². The fourth-order valence-electron chi connectivity index (χ4n) is 6.70. The van der Waals surface area contributed by atoms with Crippen LogP contribution in [0.2, 0.25) is 5.02 Å². The Morgan fingerprint density at radius 1 is 0.938 bits per heavy atom. The number of nitrogens with zero attached hydrogens (tertiary/aromatic N) is 2. The number of carbonyl (C=O) groups excluding carboxylic acids is 1. The molecule has 4 saturated carbocycles. The fourth-order valence-corrected chi connectivity index (χ4v) is 8.63. The number of sulfonamides is 1. The molecule has 0 atom stereocenters. The number of amides is 1. The topological polar surface area (TPSA) is 57.7 Å². The van der Waals surface area contributed by atoms with Crippen molar-refractivity contribution in [2.75, 3.05) is 26.2 Å². The molecule has 5 fully saturated rings. The summed E-state index contributed by atoms with van der Waals surface area (Å²) < 4.78 is 66.4. The number of carbonyl (C=O) groups is 1. The summed E-state index contributed by atoms with van der Waals surface area (Å²) in [7, 11) is -4.20. The molecule has 0 spiro atoms. The van der Waals surface area contributed by atoms with Crippen LogP contribution in [0.1, 0.15) is 37.7 Å². The molecular formula is C22H26ClF3N2O3S. The molecule has 4 aliphatic carbocycles. The Hall–Kier alpha value is -1.32. The highest BCUT2D eigenvalue weighted by atomic mass is 35.5. The van der Waals surface area contributed by atoms with E-state index < -0.39 is 26.7 Å². The van der Waals surface area contributed by atoms with Crippen LogP contribution in [0.25, 0.3) is 0 Å². The van der Waals surface area contributed by atoms with E-state index in [4.69, 9.17) is 11.6 Å². The van der Waals surface area contributed by atoms with Crippen molar-refractivity contribution in [3.63, 3.8) is 0 Å². The van der Waals surface area contributed by atoms with Crippen LogP contribution in [0, 0.1) is 29.6 Å². The molecule has 1 aliphatic heterocycles. The van der Waals surface area contributed by atoms with Gasteiger partial charge in [0.05, 0.1) is 10.6 Å². The minimum atomic E-state index is -4.67. The Labute approximate surface area is 190 Å². The fraction of sp³-hybridized carbons (Fsp3) is 0.682. The molecule has 5 nitrogen and oxygen atoms in total. The number of piperazine rings is 1. The zero-order valence-corrected chi connectivity index (χ0v) is 19.1. The number of hydrogen-bond acceptors (Lipinski definition) is 3. The van der Waals surface area contributed by atoms with Gasteiger partial charge in [-0.25, -0.2) is 8.42 Å². The summed E-state index contributed by atoms with van der Waals surface area (Å²) in [6.07, 6.45) is 1.16. The maximum absolute atomic E-state index is 13.3. The van der Waals surface area contributed by atoms with Gasteiger partial charge in [-0.15, -0.1) is 0 Å². The van der Waals surface area contributed by atoms with Gasteiger partial charge in [0.25, 0.3) is 0 Å². The van der Waals surface area contributed by atoms with E-state index in [1.54, 1.807) is 4.90 Å². The molecule has 10 heteroatoms. The molecule has 32 heavy (non-hydrogen) atoms. The minimum Gasteiger partial charge on any atom is -0.340 e. The van der Waals surface area contributed by atoms with Crippen LogP contribution in [0.5, 0.6) is 0 Å². The third-order valence-corrected chi connectivity index (χ3v) is 10.3. The first-order valence-electron chi connectivity index (χ1n) is 11.2. The molecule has 0 aromatic heterocycles. The van der Waals surface area contributed by atoms with Gasteiger partial charge < -0.3 is 4.90 Å². The molecule has 1 amide bonds. The van der Waals surface area contributed by atoms with Gasteiger partial charge in [0.15, 0.2) is 0 Å². The second kappa shape index (κ2) is 7.87. The van der Waals surface area contributed by atoms with Gasteiger partial charge in [0.2, 0.25) is 15.9 Å². The summed E-state index contributed by atoms with van der Waals surface area (Å²) >= 11 is 5.96. The Kier molecular flexibility index (Phi) is 5.53. The smallest absolute Gasteiger partial charge is 0.340 e. The maximum atomic E-state index is 13.3. The number of halogens is 4. The average Bonchev–Trinajstić information content (AvgIpc) is 2.72. The second-order valence-electron chi connectivity index (χ2n) is 9.83. The quantitative estimate of drug-likeness (QED) is 0.636. The standard InChI is InChI=1S/C22H26ClF3N2O3S/c23-18-2-1-17(22(24,25)26)12-19(18)32(30,31)28-5-3-27(4-6-28)21(29)20-15-8-13-7-14(10-15)11-16(20)9-13/h1-2,12-16,20H,3-11H2. The van der Waals surface area contributed by atoms with E-state index in [1.807, 2.05) is 0 Å². The van der Waals surface area contributed by atoms with Gasteiger partial charge in [0, 0.05) is 32.1 Å². The average molecular weight is 491 g/mol. The van der Waals surface area contributed by atoms with Crippen molar-refractivity contribution in [2.24, 2.45) is 29.6 Å². The largest absolute Gasteiger partial charge is 0.416 e. The van der Waals surface area contributed by atoms with Crippen molar-refractivity contribution in [1.29, 1.82) is 0 Å². The van der Waals surface area contributed by atoms with Crippen LogP contribution >= 0.6 is 11.6 Å². The van der Waals surface area contributed by atoms with E-state index in [1.165, 1.54) is 6.42 Å². The van der Waals surface area contributed by atoms with Gasteiger partial charge in [0.1, 0.15) is 4.90 Å². The molecule has 1 heterocycles. The zero-order valence-electron chi connectivity index (χ0n) is 17.5. The third kappa shape index (κ3) is 3.84. The molecule has 0 radical (unpaired) electrons. The van der Waals surface area contributed by atoms with Crippen LogP contribution in [0.3, 0.4) is 0 Å². The van der Waals surface area contributed by atoms with Crippen molar-refractivity contribution < 1.29 is 26.4 Å². The molecule has 176 valence electrons. The van der Waals surface area contributed by atoms with Crippen molar-refractivity contribution >= 4 is 27.5 Å². The summed E-state index contributed by atoms with van der Waals surface area (Å²) in [5, 5.41) is -0.245. The lowest BCUT2D eigenvalue weighted by molar-refractivity contribution is -0.150. The van der Waals surface area contributed by atoms with Crippen LogP contribution in [-0.2, 0) is 21.0 Å². The molecule has 1 aromatic rings. The summed E-state index contributed by atoms with van der Waals surface area (Å²) in [5.74, 6) is 2.60. The number of alkyl halides is 3. The lowest BCUT2D eigenvalue weighted by Gasteiger charge is -2.54. The minimum absolute atomic E-state index is 0.0452. The third-order valence-electron chi connectivity index (χ3n) is 7.94. The predicted molar refractivity (Wildman–Crippen MR) is 112 cm³/mol. The molecule has 1 saturated heterocycles. The van der Waals surface area contributed by atoms with Gasteiger partial charge in [-0.2, -0.15) is 17.5 Å². The first-order chi connectivity index (χ1) is 15.0. The second-order valence-corrected chi connectivity index (χ2v) is 12.1. The molecule has 0 N–H and O–H groups in total. The van der Waals surface area contributed by atoms with Crippen molar-refractivity contribution in [3.8, 4) is 0 Å². The summed E-state index contributed by atoms with van der Waals surface area (Å²) in [6.45, 7) is 0.594. The Morgan fingerprint density at radius 3 is 2.03 bits per heavy atom. The number of benzene rings is 1. The van der Waals surface area contributed by atoms with Gasteiger partial charge >= 0.3 is 6.18 Å². The molecule has 6 rings (SSSR count). The van der Waals surface area contributed by atoms with Crippen LogP contribution in [0.15, 0.2) is 23.1 Å². The maximum Gasteiger partial charge on any atom is 0.416 e. The van der Waals surface area contributed by atoms with E-state index in [9.17, 15) is 26.4 Å². The molecule has 4 bridgehead atoms. The summed E-state index contributed by atoms with van der Waals surface area (Å²) in [4.78, 5) is 14.5. The zero-order chi connectivity index (χ0) is 22.8. The highest BCUT2D eigenvalue weighted by Crippen LogP contribution is 2.57. The Morgan fingerprint density at radius 2 is 1.50 bits per heavy atom. The lowest BCUT2D eigenvalue weighted by Crippen LogP contribution is -2.56. The first kappa shape index (κ1) is 22.5. The van der Waals surface area contributed by atoms with Crippen LogP contribution < -0.4 is 0 Å². The summed E-state index contributed by atoms with van der Waals surface area (Å²) in [5.41, 5.74) is -1.06. The van der Waals surface area contributed by atoms with E-state index in [-0.39, 0.29) is 43.0 Å². The molecule has 0 unspecified atom stereocenters.